The molecular weight excluding hydrogens is 763 g/mol. The summed E-state index contributed by atoms with van der Waals surface area (Å²) in [5, 5.41) is 4.94. The summed E-state index contributed by atoms with van der Waals surface area (Å²) in [5.41, 5.74) is 17.5. The molecule has 0 atom stereocenters. The van der Waals surface area contributed by atoms with Crippen LogP contribution in [-0.4, -0.2) is 9.13 Å². The molecule has 12 rings (SSSR count). The molecule has 63 heavy (non-hydrogen) atoms. The molecule has 3 nitrogen and oxygen atoms in total. The van der Waals surface area contributed by atoms with Crippen LogP contribution in [0.3, 0.4) is 0 Å². The highest BCUT2D eigenvalue weighted by atomic mass is 15.1. The zero-order valence-electron chi connectivity index (χ0n) is 34.5. The summed E-state index contributed by atoms with van der Waals surface area (Å²) in [6, 6.07) is 90.0. The molecular formula is C60H41N3. The smallest absolute Gasteiger partial charge is 0.0548 e. The van der Waals surface area contributed by atoms with Gasteiger partial charge in [-0.3, -0.25) is 0 Å². The van der Waals surface area contributed by atoms with Crippen LogP contribution in [0.5, 0.6) is 0 Å². The maximum Gasteiger partial charge on any atom is 0.0548 e. The Kier molecular flexibility index (Phi) is 8.83. The molecule has 0 radical (unpaired) electrons. The second-order valence-electron chi connectivity index (χ2n) is 16.2. The molecule has 0 bridgehead atoms. The van der Waals surface area contributed by atoms with Gasteiger partial charge in [0.15, 0.2) is 0 Å². The van der Waals surface area contributed by atoms with E-state index in [1.54, 1.807) is 0 Å². The molecule has 0 aliphatic heterocycles. The summed E-state index contributed by atoms with van der Waals surface area (Å²) in [7, 11) is 0. The number of hydrogen-bond donors (Lipinski definition) is 0. The van der Waals surface area contributed by atoms with Crippen LogP contribution in [0.4, 0.5) is 17.1 Å². The highest BCUT2D eigenvalue weighted by molar-refractivity contribution is 6.19. The predicted octanol–water partition coefficient (Wildman–Crippen LogP) is 16.4. The molecule has 0 fully saturated rings. The van der Waals surface area contributed by atoms with E-state index in [4.69, 9.17) is 0 Å². The number of rotatable bonds is 8. The van der Waals surface area contributed by atoms with Gasteiger partial charge in [-0.05, 0) is 124 Å². The largest absolute Gasteiger partial charge is 0.311 e. The van der Waals surface area contributed by atoms with E-state index in [9.17, 15) is 0 Å². The SMILES string of the molecule is c1ccc(-c2ccc(N(c3ccc(-c4ccccc4)cc3)c3ccc(-c4ccc5c(c4)c4cc6c(cc4n5-c4ccccc4)c4ccccc4n6-c4ccccc4)cc3)cc2)cc1. The number of benzene rings is 10. The fourth-order valence-electron chi connectivity index (χ4n) is 9.49. The average molecular weight is 804 g/mol. The number of para-hydroxylation sites is 3. The molecule has 0 N–H and O–H groups in total. The van der Waals surface area contributed by atoms with Gasteiger partial charge in [0.25, 0.3) is 0 Å². The molecule has 10 aromatic carbocycles. The van der Waals surface area contributed by atoms with Gasteiger partial charge in [-0.15, -0.1) is 0 Å². The van der Waals surface area contributed by atoms with Crippen molar-refractivity contribution in [1.29, 1.82) is 0 Å². The van der Waals surface area contributed by atoms with E-state index in [2.05, 4.69) is 263 Å². The van der Waals surface area contributed by atoms with Crippen LogP contribution < -0.4 is 4.90 Å². The molecule has 0 saturated carbocycles. The Morgan fingerprint density at radius 2 is 0.556 bits per heavy atom. The first-order valence-corrected chi connectivity index (χ1v) is 21.6. The molecule has 0 aliphatic carbocycles. The number of aromatic nitrogens is 2. The monoisotopic (exact) mass is 803 g/mol. The fourth-order valence-corrected chi connectivity index (χ4v) is 9.49. The van der Waals surface area contributed by atoms with Gasteiger partial charge in [-0.1, -0.05) is 158 Å². The van der Waals surface area contributed by atoms with E-state index in [-0.39, 0.29) is 0 Å². The molecule has 0 saturated heterocycles. The molecule has 3 heteroatoms. The van der Waals surface area contributed by atoms with Crippen LogP contribution in [0.15, 0.2) is 249 Å². The topological polar surface area (TPSA) is 13.1 Å². The molecule has 0 spiro atoms. The third kappa shape index (κ3) is 6.38. The summed E-state index contributed by atoms with van der Waals surface area (Å²) in [5.74, 6) is 0. The summed E-state index contributed by atoms with van der Waals surface area (Å²) in [6.45, 7) is 0. The Labute approximate surface area is 366 Å². The van der Waals surface area contributed by atoms with Crippen LogP contribution in [0.25, 0.3) is 88.4 Å². The number of hydrogen-bond acceptors (Lipinski definition) is 1. The molecule has 0 amide bonds. The average Bonchev–Trinajstić information content (AvgIpc) is 3.86. The summed E-state index contributed by atoms with van der Waals surface area (Å²) >= 11 is 0. The van der Waals surface area contributed by atoms with Crippen molar-refractivity contribution in [2.24, 2.45) is 0 Å². The van der Waals surface area contributed by atoms with Crippen molar-refractivity contribution in [1.82, 2.24) is 9.13 Å². The Balaban J connectivity index is 0.987. The van der Waals surface area contributed by atoms with E-state index in [1.165, 1.54) is 77.0 Å². The number of anilines is 3. The Morgan fingerprint density at radius 3 is 1.03 bits per heavy atom. The van der Waals surface area contributed by atoms with Gasteiger partial charge in [0.1, 0.15) is 0 Å². The lowest BCUT2D eigenvalue weighted by molar-refractivity contribution is 1.17. The summed E-state index contributed by atoms with van der Waals surface area (Å²) in [4.78, 5) is 2.35. The molecule has 2 aromatic heterocycles. The Hall–Kier alpha value is -8.40. The minimum Gasteiger partial charge on any atom is -0.311 e. The van der Waals surface area contributed by atoms with Crippen LogP contribution in [0.1, 0.15) is 0 Å². The van der Waals surface area contributed by atoms with Gasteiger partial charge >= 0.3 is 0 Å². The normalized spacial score (nSPS) is 11.5. The second-order valence-corrected chi connectivity index (χ2v) is 16.2. The van der Waals surface area contributed by atoms with Crippen molar-refractivity contribution in [3.8, 4) is 44.8 Å². The van der Waals surface area contributed by atoms with Gasteiger partial charge in [-0.25, -0.2) is 0 Å². The molecule has 0 unspecified atom stereocenters. The van der Waals surface area contributed by atoms with E-state index in [0.29, 0.717) is 0 Å². The highest BCUT2D eigenvalue weighted by Crippen LogP contribution is 2.42. The first-order chi connectivity index (χ1) is 31.2. The van der Waals surface area contributed by atoms with Gasteiger partial charge in [0.2, 0.25) is 0 Å². The van der Waals surface area contributed by atoms with Crippen molar-refractivity contribution >= 4 is 60.7 Å². The molecule has 2 heterocycles. The molecule has 296 valence electrons. The lowest BCUT2D eigenvalue weighted by atomic mass is 10.0. The predicted molar refractivity (Wildman–Crippen MR) is 266 cm³/mol. The number of fused-ring (bicyclic) bond motifs is 6. The lowest BCUT2D eigenvalue weighted by Crippen LogP contribution is -2.09. The quantitative estimate of drug-likeness (QED) is 0.149. The lowest BCUT2D eigenvalue weighted by Gasteiger charge is -2.26. The molecule has 12 aromatic rings. The zero-order valence-corrected chi connectivity index (χ0v) is 34.5. The van der Waals surface area contributed by atoms with Crippen molar-refractivity contribution in [3.05, 3.63) is 249 Å². The van der Waals surface area contributed by atoms with Crippen molar-refractivity contribution < 1.29 is 0 Å². The van der Waals surface area contributed by atoms with Gasteiger partial charge in [0.05, 0.1) is 22.1 Å². The maximum atomic E-state index is 2.43. The van der Waals surface area contributed by atoms with Crippen LogP contribution in [0.2, 0.25) is 0 Å². The summed E-state index contributed by atoms with van der Waals surface area (Å²) in [6.07, 6.45) is 0. The number of nitrogens with zero attached hydrogens (tertiary/aromatic N) is 3. The standard InChI is InChI=1S/C60H41N3/c1-5-15-42(16-6-1)44-25-32-50(33-26-44)61(51-34-27-45(28-35-51)43-17-7-2-8-18-43)52-36-29-46(30-37-52)47-31-38-58-54(39-47)56-41-59-55(40-60(56)63(58)49-21-11-4-12-22-49)53-23-13-14-24-57(53)62(59)48-19-9-3-10-20-48/h1-41H. The third-order valence-corrected chi connectivity index (χ3v) is 12.5. The minimum absolute atomic E-state index is 1.09. The zero-order chi connectivity index (χ0) is 41.7. The highest BCUT2D eigenvalue weighted by Gasteiger charge is 2.20. The van der Waals surface area contributed by atoms with Crippen LogP contribution >= 0.6 is 0 Å². The van der Waals surface area contributed by atoms with Gasteiger partial charge in [0, 0.05) is 50.0 Å². The van der Waals surface area contributed by atoms with Gasteiger partial charge in [-0.2, -0.15) is 0 Å². The van der Waals surface area contributed by atoms with Crippen LogP contribution in [-0.2, 0) is 0 Å². The Morgan fingerprint density at radius 1 is 0.222 bits per heavy atom. The van der Waals surface area contributed by atoms with E-state index >= 15 is 0 Å². The van der Waals surface area contributed by atoms with Crippen molar-refractivity contribution in [3.63, 3.8) is 0 Å². The third-order valence-electron chi connectivity index (χ3n) is 12.5. The first-order valence-electron chi connectivity index (χ1n) is 21.6. The van der Waals surface area contributed by atoms with Gasteiger partial charge < -0.3 is 14.0 Å². The van der Waals surface area contributed by atoms with Crippen molar-refractivity contribution in [2.45, 2.75) is 0 Å². The van der Waals surface area contributed by atoms with E-state index < -0.39 is 0 Å². The van der Waals surface area contributed by atoms with Crippen molar-refractivity contribution in [2.75, 3.05) is 4.90 Å². The maximum absolute atomic E-state index is 2.43. The first kappa shape index (κ1) is 36.5. The van der Waals surface area contributed by atoms with Crippen LogP contribution in [0, 0.1) is 0 Å². The Bertz CT molecular complexity index is 3470. The summed E-state index contributed by atoms with van der Waals surface area (Å²) < 4.78 is 4.84. The second kappa shape index (κ2) is 15.3. The minimum atomic E-state index is 1.09. The molecule has 0 aliphatic rings. The van der Waals surface area contributed by atoms with E-state index in [0.717, 1.165) is 28.4 Å². The fraction of sp³-hybridized carbons (Fsp3) is 0. The van der Waals surface area contributed by atoms with E-state index in [1.807, 2.05) is 0 Å².